The van der Waals surface area contributed by atoms with Gasteiger partial charge in [0.1, 0.15) is 13.2 Å². The van der Waals surface area contributed by atoms with Gasteiger partial charge in [0.25, 0.3) is 11.1 Å². The van der Waals surface area contributed by atoms with Crippen molar-refractivity contribution >= 4 is 57.5 Å². The number of imide groups is 1. The number of carbonyl (C=O) groups is 3. The number of terminal acetylenes is 1. The standard InChI is InChI=1S/C18H16INO6S/c1-4-6-26-16-12(19)7-11(8-13(16)24-3)9-14-17(22)20(18(23)27-14)10-15(21)25-5-2/h1,7-9H,5-6,10H2,2-3H3/b14-9+. The van der Waals surface area contributed by atoms with E-state index in [4.69, 9.17) is 20.6 Å². The van der Waals surface area contributed by atoms with Crippen LogP contribution in [0.4, 0.5) is 4.79 Å². The molecule has 0 atom stereocenters. The second kappa shape index (κ2) is 9.66. The predicted octanol–water partition coefficient (Wildman–Crippen LogP) is 2.91. The normalized spacial score (nSPS) is 15.0. The van der Waals surface area contributed by atoms with Crippen LogP contribution in [-0.4, -0.2) is 48.9 Å². The third kappa shape index (κ3) is 5.17. The van der Waals surface area contributed by atoms with E-state index >= 15 is 0 Å². The molecule has 1 aliphatic heterocycles. The van der Waals surface area contributed by atoms with E-state index < -0.39 is 23.7 Å². The van der Waals surface area contributed by atoms with Crippen molar-refractivity contribution in [2.45, 2.75) is 6.92 Å². The van der Waals surface area contributed by atoms with Crippen LogP contribution in [0.3, 0.4) is 0 Å². The van der Waals surface area contributed by atoms with Crippen molar-refractivity contribution in [3.05, 3.63) is 26.2 Å². The Morgan fingerprint density at radius 3 is 2.78 bits per heavy atom. The summed E-state index contributed by atoms with van der Waals surface area (Å²) in [5.41, 5.74) is 0.644. The number of halogens is 1. The number of carbonyl (C=O) groups excluding carboxylic acids is 3. The molecule has 1 saturated heterocycles. The van der Waals surface area contributed by atoms with Gasteiger partial charge in [0.05, 0.1) is 22.2 Å². The highest BCUT2D eigenvalue weighted by molar-refractivity contribution is 14.1. The zero-order valence-electron chi connectivity index (χ0n) is 14.6. The average molecular weight is 501 g/mol. The molecule has 1 aromatic carbocycles. The summed E-state index contributed by atoms with van der Waals surface area (Å²) in [6, 6.07) is 3.45. The van der Waals surface area contributed by atoms with E-state index in [1.807, 2.05) is 0 Å². The van der Waals surface area contributed by atoms with Gasteiger partial charge in [-0.15, -0.1) is 6.42 Å². The molecule has 0 radical (unpaired) electrons. The summed E-state index contributed by atoms with van der Waals surface area (Å²) in [6.45, 7) is 1.52. The zero-order valence-corrected chi connectivity index (χ0v) is 17.6. The number of ether oxygens (including phenoxy) is 3. The molecule has 2 amide bonds. The third-order valence-electron chi connectivity index (χ3n) is 3.32. The minimum absolute atomic E-state index is 0.0957. The number of hydrogen-bond acceptors (Lipinski definition) is 7. The largest absolute Gasteiger partial charge is 0.493 e. The van der Waals surface area contributed by atoms with Gasteiger partial charge in [-0.05, 0) is 65.0 Å². The Labute approximate surface area is 174 Å². The Morgan fingerprint density at radius 1 is 1.41 bits per heavy atom. The van der Waals surface area contributed by atoms with Gasteiger partial charge in [0, 0.05) is 0 Å². The summed E-state index contributed by atoms with van der Waals surface area (Å²) >= 11 is 2.83. The molecule has 0 aromatic heterocycles. The molecule has 1 fully saturated rings. The van der Waals surface area contributed by atoms with Gasteiger partial charge in [0.2, 0.25) is 0 Å². The summed E-state index contributed by atoms with van der Waals surface area (Å²) in [5, 5.41) is -0.519. The van der Waals surface area contributed by atoms with Crippen LogP contribution in [0.15, 0.2) is 17.0 Å². The summed E-state index contributed by atoms with van der Waals surface area (Å²) in [7, 11) is 1.49. The molecule has 0 saturated carbocycles. The summed E-state index contributed by atoms with van der Waals surface area (Å²) in [6.07, 6.45) is 6.78. The summed E-state index contributed by atoms with van der Waals surface area (Å²) < 4.78 is 16.3. The molecule has 0 N–H and O–H groups in total. The topological polar surface area (TPSA) is 82.1 Å². The number of nitrogens with zero attached hydrogens (tertiary/aromatic N) is 1. The van der Waals surface area contributed by atoms with E-state index in [1.165, 1.54) is 7.11 Å². The lowest BCUT2D eigenvalue weighted by atomic mass is 10.2. The Morgan fingerprint density at radius 2 is 2.15 bits per heavy atom. The smallest absolute Gasteiger partial charge is 0.326 e. The monoisotopic (exact) mass is 501 g/mol. The molecule has 1 heterocycles. The molecule has 1 aromatic rings. The lowest BCUT2D eigenvalue weighted by Crippen LogP contribution is -2.34. The van der Waals surface area contributed by atoms with Crippen LogP contribution in [0.5, 0.6) is 11.5 Å². The number of amides is 2. The first-order valence-corrected chi connectivity index (χ1v) is 9.65. The van der Waals surface area contributed by atoms with Gasteiger partial charge < -0.3 is 14.2 Å². The van der Waals surface area contributed by atoms with Crippen LogP contribution in [0.2, 0.25) is 0 Å². The van der Waals surface area contributed by atoms with Gasteiger partial charge in [-0.3, -0.25) is 19.3 Å². The van der Waals surface area contributed by atoms with Crippen molar-refractivity contribution in [3.8, 4) is 23.8 Å². The molecular formula is C18H16INO6S. The van der Waals surface area contributed by atoms with Crippen LogP contribution >= 0.6 is 34.4 Å². The quantitative estimate of drug-likeness (QED) is 0.246. The van der Waals surface area contributed by atoms with E-state index in [-0.39, 0.29) is 18.1 Å². The Balaban J connectivity index is 2.27. The van der Waals surface area contributed by atoms with Crippen molar-refractivity contribution in [3.63, 3.8) is 0 Å². The molecule has 0 unspecified atom stereocenters. The molecule has 0 bridgehead atoms. The second-order valence-corrected chi connectivity index (χ2v) is 7.26. The van der Waals surface area contributed by atoms with Crippen molar-refractivity contribution < 1.29 is 28.6 Å². The van der Waals surface area contributed by atoms with Gasteiger partial charge in [-0.25, -0.2) is 0 Å². The molecule has 9 heteroatoms. The maximum Gasteiger partial charge on any atom is 0.326 e. The van der Waals surface area contributed by atoms with E-state index in [1.54, 1.807) is 25.1 Å². The highest BCUT2D eigenvalue weighted by Gasteiger charge is 2.36. The summed E-state index contributed by atoms with van der Waals surface area (Å²) in [5.74, 6) is 2.17. The lowest BCUT2D eigenvalue weighted by molar-refractivity contribution is -0.145. The maximum absolute atomic E-state index is 12.4. The third-order valence-corrected chi connectivity index (χ3v) is 5.02. The van der Waals surface area contributed by atoms with Crippen LogP contribution in [0, 0.1) is 15.9 Å². The van der Waals surface area contributed by atoms with Gasteiger partial charge in [-0.2, -0.15) is 0 Å². The van der Waals surface area contributed by atoms with Gasteiger partial charge >= 0.3 is 5.97 Å². The van der Waals surface area contributed by atoms with E-state index in [2.05, 4.69) is 28.5 Å². The number of benzene rings is 1. The number of hydrogen-bond donors (Lipinski definition) is 0. The van der Waals surface area contributed by atoms with Crippen molar-refractivity contribution in [2.24, 2.45) is 0 Å². The first-order chi connectivity index (χ1) is 12.9. The minimum Gasteiger partial charge on any atom is -0.493 e. The maximum atomic E-state index is 12.4. The molecule has 7 nitrogen and oxygen atoms in total. The molecule has 2 rings (SSSR count). The number of esters is 1. The first-order valence-electron chi connectivity index (χ1n) is 7.76. The average Bonchev–Trinajstić information content (AvgIpc) is 2.88. The Bertz CT molecular complexity index is 845. The lowest BCUT2D eigenvalue weighted by Gasteiger charge is -2.12. The molecule has 1 aliphatic rings. The van der Waals surface area contributed by atoms with E-state index in [9.17, 15) is 14.4 Å². The van der Waals surface area contributed by atoms with Crippen LogP contribution in [0.25, 0.3) is 6.08 Å². The predicted molar refractivity (Wildman–Crippen MR) is 109 cm³/mol. The molecule has 0 spiro atoms. The highest BCUT2D eigenvalue weighted by Crippen LogP contribution is 2.37. The van der Waals surface area contributed by atoms with Crippen LogP contribution in [0.1, 0.15) is 12.5 Å². The number of rotatable bonds is 7. The Kier molecular flexibility index (Phi) is 7.55. The second-order valence-electron chi connectivity index (χ2n) is 5.10. The van der Waals surface area contributed by atoms with Gasteiger partial charge in [0.15, 0.2) is 11.5 Å². The fourth-order valence-corrected chi connectivity index (χ4v) is 3.82. The molecule has 142 valence electrons. The molecular weight excluding hydrogens is 485 g/mol. The fraction of sp³-hybridized carbons (Fsp3) is 0.278. The van der Waals surface area contributed by atoms with Crippen molar-refractivity contribution in [2.75, 3.05) is 26.9 Å². The van der Waals surface area contributed by atoms with Crippen molar-refractivity contribution in [1.82, 2.24) is 4.90 Å². The number of methoxy groups -OCH3 is 1. The fourth-order valence-electron chi connectivity index (χ4n) is 2.20. The Hall–Kier alpha value is -2.19. The SMILES string of the molecule is C#CCOc1c(I)cc(/C=C2/SC(=O)N(CC(=O)OCC)C2=O)cc1OC. The van der Waals surface area contributed by atoms with Crippen LogP contribution < -0.4 is 9.47 Å². The van der Waals surface area contributed by atoms with E-state index in [0.717, 1.165) is 20.2 Å². The highest BCUT2D eigenvalue weighted by atomic mass is 127. The van der Waals surface area contributed by atoms with E-state index in [0.29, 0.717) is 17.1 Å². The minimum atomic E-state index is -0.632. The van der Waals surface area contributed by atoms with Crippen molar-refractivity contribution in [1.29, 1.82) is 0 Å². The number of thioether (sulfide) groups is 1. The summed E-state index contributed by atoms with van der Waals surface area (Å²) in [4.78, 5) is 37.1. The van der Waals surface area contributed by atoms with Gasteiger partial charge in [-0.1, -0.05) is 5.92 Å². The molecule has 27 heavy (non-hydrogen) atoms. The first kappa shape index (κ1) is 21.1. The van der Waals surface area contributed by atoms with Crippen LogP contribution in [-0.2, 0) is 14.3 Å². The zero-order chi connectivity index (χ0) is 20.0. The molecule has 0 aliphatic carbocycles.